The number of hydrogen-bond acceptors (Lipinski definition) is 8. The van der Waals surface area contributed by atoms with Gasteiger partial charge in [-0.15, -0.1) is 34.0 Å². The van der Waals surface area contributed by atoms with E-state index in [9.17, 15) is 9.59 Å². The van der Waals surface area contributed by atoms with Crippen LogP contribution in [0.15, 0.2) is 40.7 Å². The van der Waals surface area contributed by atoms with E-state index >= 15 is 0 Å². The van der Waals surface area contributed by atoms with Crippen LogP contribution in [-0.2, 0) is 16.1 Å². The van der Waals surface area contributed by atoms with Crippen molar-refractivity contribution in [1.29, 1.82) is 0 Å². The normalized spacial score (nSPS) is 11.0. The van der Waals surface area contributed by atoms with Crippen LogP contribution in [0.1, 0.15) is 16.7 Å². The molecule has 0 fully saturated rings. The van der Waals surface area contributed by atoms with E-state index in [1.165, 1.54) is 30.0 Å². The van der Waals surface area contributed by atoms with Gasteiger partial charge in [0, 0.05) is 16.7 Å². The number of amides is 2. The Bertz CT molecular complexity index is 1180. The van der Waals surface area contributed by atoms with Crippen molar-refractivity contribution in [3.8, 4) is 10.6 Å². The number of thioether (sulfide) groups is 1. The first kappa shape index (κ1) is 21.0. The number of nitrogens with one attached hydrogen (secondary N) is 2. The van der Waals surface area contributed by atoms with E-state index in [-0.39, 0.29) is 17.6 Å². The number of thiazole rings is 2. The van der Waals surface area contributed by atoms with Gasteiger partial charge in [0.15, 0.2) is 9.47 Å². The average molecular weight is 475 g/mol. The largest absolute Gasteiger partial charge is 0.351 e. The third-order valence-corrected chi connectivity index (χ3v) is 8.21. The summed E-state index contributed by atoms with van der Waals surface area (Å²) in [5, 5.41) is 6.29. The van der Waals surface area contributed by atoms with Crippen LogP contribution in [0.4, 0.5) is 5.13 Å². The third kappa shape index (κ3) is 5.07. The lowest BCUT2D eigenvalue weighted by molar-refractivity contribution is -0.119. The van der Waals surface area contributed by atoms with Gasteiger partial charge in [-0.05, 0) is 31.2 Å². The summed E-state index contributed by atoms with van der Waals surface area (Å²) in [6.07, 6.45) is 0. The number of rotatable bonds is 7. The Morgan fingerprint density at radius 2 is 1.90 bits per heavy atom. The number of thiophene rings is 1. The molecule has 2 amide bonds. The van der Waals surface area contributed by atoms with Gasteiger partial charge in [0.05, 0.1) is 33.1 Å². The highest BCUT2D eigenvalue weighted by molar-refractivity contribution is 8.01. The first-order valence-electron chi connectivity index (χ1n) is 9.07. The molecule has 154 valence electrons. The number of benzene rings is 1. The van der Waals surface area contributed by atoms with Gasteiger partial charge in [0.2, 0.25) is 11.8 Å². The van der Waals surface area contributed by atoms with Gasteiger partial charge in [-0.2, -0.15) is 0 Å². The number of aromatic nitrogens is 2. The fraction of sp³-hybridized carbons (Fsp3) is 0.200. The molecule has 3 aromatic heterocycles. The van der Waals surface area contributed by atoms with Gasteiger partial charge in [-0.3, -0.25) is 9.59 Å². The molecule has 0 saturated carbocycles. The summed E-state index contributed by atoms with van der Waals surface area (Å²) in [4.78, 5) is 35.7. The minimum atomic E-state index is -0.0999. The molecule has 4 rings (SSSR count). The number of carbonyl (C=O) groups excluding carboxylic acids is 2. The van der Waals surface area contributed by atoms with Crippen LogP contribution in [0.25, 0.3) is 20.8 Å². The van der Waals surface area contributed by atoms with Crippen LogP contribution in [0.3, 0.4) is 0 Å². The Hall–Kier alpha value is -2.27. The minimum absolute atomic E-state index is 0.0523. The lowest BCUT2D eigenvalue weighted by Crippen LogP contribution is -2.17. The highest BCUT2D eigenvalue weighted by Crippen LogP contribution is 2.35. The molecule has 0 bridgehead atoms. The first-order valence-corrected chi connectivity index (χ1v) is 12.5. The third-order valence-electron chi connectivity index (χ3n) is 4.05. The predicted octanol–water partition coefficient (Wildman–Crippen LogP) is 5.16. The van der Waals surface area contributed by atoms with E-state index < -0.39 is 0 Å². The number of nitrogens with zero attached hydrogens (tertiary/aromatic N) is 2. The summed E-state index contributed by atoms with van der Waals surface area (Å²) >= 11 is 6.07. The molecule has 0 aliphatic carbocycles. The molecule has 30 heavy (non-hydrogen) atoms. The highest BCUT2D eigenvalue weighted by Gasteiger charge is 2.15. The number of carbonyl (C=O) groups is 2. The van der Waals surface area contributed by atoms with Gasteiger partial charge < -0.3 is 10.6 Å². The number of para-hydroxylation sites is 1. The molecule has 10 heteroatoms. The number of hydrogen-bond donors (Lipinski definition) is 2. The van der Waals surface area contributed by atoms with Crippen LogP contribution >= 0.6 is 45.8 Å². The molecule has 4 aromatic rings. The van der Waals surface area contributed by atoms with Crippen molar-refractivity contribution in [1.82, 2.24) is 15.3 Å². The van der Waals surface area contributed by atoms with Crippen molar-refractivity contribution < 1.29 is 9.59 Å². The quantitative estimate of drug-likeness (QED) is 0.362. The molecule has 0 aliphatic rings. The Kier molecular flexibility index (Phi) is 6.47. The maximum Gasteiger partial charge on any atom is 0.236 e. The molecule has 2 N–H and O–H groups in total. The second kappa shape index (κ2) is 9.25. The molecule has 1 aromatic carbocycles. The van der Waals surface area contributed by atoms with Gasteiger partial charge in [-0.1, -0.05) is 23.9 Å². The number of anilines is 1. The Morgan fingerprint density at radius 1 is 1.07 bits per heavy atom. The van der Waals surface area contributed by atoms with Crippen molar-refractivity contribution in [2.24, 2.45) is 0 Å². The van der Waals surface area contributed by atoms with Crippen LogP contribution < -0.4 is 10.6 Å². The second-order valence-corrected chi connectivity index (χ2v) is 11.0. The summed E-state index contributed by atoms with van der Waals surface area (Å²) in [6, 6.07) is 11.9. The predicted molar refractivity (Wildman–Crippen MR) is 127 cm³/mol. The van der Waals surface area contributed by atoms with E-state index in [0.717, 1.165) is 34.9 Å². The van der Waals surface area contributed by atoms with Crippen molar-refractivity contribution in [2.75, 3.05) is 11.1 Å². The van der Waals surface area contributed by atoms with E-state index in [1.807, 2.05) is 43.3 Å². The molecular formula is C20H18N4O2S4. The highest BCUT2D eigenvalue weighted by atomic mass is 32.2. The fourth-order valence-electron chi connectivity index (χ4n) is 2.69. The fourth-order valence-corrected chi connectivity index (χ4v) is 6.46. The van der Waals surface area contributed by atoms with Crippen molar-refractivity contribution in [3.63, 3.8) is 0 Å². The summed E-state index contributed by atoms with van der Waals surface area (Å²) in [7, 11) is 0. The first-order chi connectivity index (χ1) is 14.5. The molecule has 0 aliphatic heterocycles. The molecular weight excluding hydrogens is 457 g/mol. The lowest BCUT2D eigenvalue weighted by atomic mass is 10.3. The summed E-state index contributed by atoms with van der Waals surface area (Å²) in [5.74, 6) is 0.133. The molecule has 0 spiro atoms. The topological polar surface area (TPSA) is 84.0 Å². The molecule has 6 nitrogen and oxygen atoms in total. The molecule has 0 atom stereocenters. The number of fused-ring (bicyclic) bond motifs is 1. The maximum atomic E-state index is 12.4. The van der Waals surface area contributed by atoms with E-state index in [1.54, 1.807) is 22.7 Å². The van der Waals surface area contributed by atoms with Gasteiger partial charge in [-0.25, -0.2) is 9.97 Å². The van der Waals surface area contributed by atoms with E-state index in [4.69, 9.17) is 0 Å². The smallest absolute Gasteiger partial charge is 0.236 e. The Balaban J connectivity index is 1.37. The van der Waals surface area contributed by atoms with Gasteiger partial charge in [0.1, 0.15) is 0 Å². The van der Waals surface area contributed by atoms with Crippen LogP contribution in [0.5, 0.6) is 0 Å². The van der Waals surface area contributed by atoms with Gasteiger partial charge >= 0.3 is 0 Å². The van der Waals surface area contributed by atoms with E-state index in [0.29, 0.717) is 11.7 Å². The van der Waals surface area contributed by atoms with Crippen LogP contribution in [0.2, 0.25) is 0 Å². The zero-order valence-electron chi connectivity index (χ0n) is 16.2. The SMILES string of the molecule is CC(=O)NCc1ccc(-c2nc(NC(=O)CSc3nc4ccccc4s3)sc2C)s1. The van der Waals surface area contributed by atoms with Gasteiger partial charge in [0.25, 0.3) is 0 Å². The zero-order valence-corrected chi connectivity index (χ0v) is 19.5. The second-order valence-electron chi connectivity index (χ2n) is 6.38. The molecule has 0 radical (unpaired) electrons. The summed E-state index contributed by atoms with van der Waals surface area (Å²) < 4.78 is 2.00. The Labute approximate surface area is 189 Å². The summed E-state index contributed by atoms with van der Waals surface area (Å²) in [5.41, 5.74) is 1.83. The Morgan fingerprint density at radius 3 is 2.70 bits per heavy atom. The molecule has 0 saturated heterocycles. The standard InChI is InChI=1S/C20H18N4O2S4/c1-11-18(16-8-7-13(29-16)9-21-12(2)25)24-19(28-11)23-17(26)10-27-20-22-14-5-3-4-6-15(14)30-20/h3-8H,9-10H2,1-2H3,(H,21,25)(H,23,24,26). The average Bonchev–Trinajstić information content (AvgIpc) is 3.42. The van der Waals surface area contributed by atoms with Crippen molar-refractivity contribution in [3.05, 3.63) is 46.2 Å². The minimum Gasteiger partial charge on any atom is -0.351 e. The maximum absolute atomic E-state index is 12.4. The van der Waals surface area contributed by atoms with Crippen molar-refractivity contribution >= 4 is 72.9 Å². The molecule has 0 unspecified atom stereocenters. The van der Waals surface area contributed by atoms with Crippen LogP contribution in [-0.4, -0.2) is 27.5 Å². The molecule has 3 heterocycles. The lowest BCUT2D eigenvalue weighted by Gasteiger charge is -1.99. The number of aryl methyl sites for hydroxylation is 1. The zero-order chi connectivity index (χ0) is 21.1. The monoisotopic (exact) mass is 474 g/mol. The van der Waals surface area contributed by atoms with Crippen LogP contribution in [0, 0.1) is 6.92 Å². The summed E-state index contributed by atoms with van der Waals surface area (Å²) in [6.45, 7) is 4.00. The van der Waals surface area contributed by atoms with Crippen molar-refractivity contribution in [2.45, 2.75) is 24.7 Å². The van der Waals surface area contributed by atoms with E-state index in [2.05, 4.69) is 20.6 Å².